The molecule has 1 aromatic rings. The quantitative estimate of drug-likeness (QED) is 0.924. The van der Waals surface area contributed by atoms with Gasteiger partial charge in [0.05, 0.1) is 21.7 Å². The van der Waals surface area contributed by atoms with Crippen LogP contribution in [0.5, 0.6) is 5.75 Å². The number of carbonyl (C=O) groups is 1. The fourth-order valence-corrected chi connectivity index (χ4v) is 1.50. The molecule has 0 amide bonds. The third-order valence-corrected chi connectivity index (χ3v) is 2.89. The highest BCUT2D eigenvalue weighted by molar-refractivity contribution is 9.10. The van der Waals surface area contributed by atoms with Crippen LogP contribution in [0.3, 0.4) is 0 Å². The Labute approximate surface area is 94.8 Å². The highest BCUT2D eigenvalue weighted by Crippen LogP contribution is 2.33. The molecule has 0 spiro atoms. The maximum Gasteiger partial charge on any atom is 0.335 e. The summed E-state index contributed by atoms with van der Waals surface area (Å²) >= 11 is 9.02. The van der Waals surface area contributed by atoms with Gasteiger partial charge in [-0.15, -0.1) is 0 Å². The Bertz CT molecular complexity index is 365. The molecular formula is C9H8BrClO3. The summed E-state index contributed by atoms with van der Waals surface area (Å²) in [5.74, 6) is -0.585. The van der Waals surface area contributed by atoms with E-state index in [-0.39, 0.29) is 5.56 Å². The molecule has 1 N–H and O–H groups in total. The first kappa shape index (κ1) is 11.3. The Balaban J connectivity index is 3.20. The van der Waals surface area contributed by atoms with E-state index >= 15 is 0 Å². The third kappa shape index (κ3) is 2.39. The Kier molecular flexibility index (Phi) is 3.77. The van der Waals surface area contributed by atoms with Crippen LogP contribution in [0.2, 0.25) is 5.02 Å². The molecule has 0 unspecified atom stereocenters. The molecule has 0 heterocycles. The van der Waals surface area contributed by atoms with E-state index in [1.165, 1.54) is 12.1 Å². The minimum absolute atomic E-state index is 0.113. The van der Waals surface area contributed by atoms with E-state index in [0.717, 1.165) is 0 Å². The number of hydrogen-bond acceptors (Lipinski definition) is 2. The van der Waals surface area contributed by atoms with Gasteiger partial charge in [0.1, 0.15) is 5.75 Å². The lowest BCUT2D eigenvalue weighted by Crippen LogP contribution is -1.99. The van der Waals surface area contributed by atoms with Crippen LogP contribution in [0.4, 0.5) is 0 Å². The van der Waals surface area contributed by atoms with Crippen LogP contribution in [0, 0.1) is 0 Å². The largest absolute Gasteiger partial charge is 0.493 e. The lowest BCUT2D eigenvalue weighted by Gasteiger charge is -2.08. The number of rotatable bonds is 3. The molecule has 0 bridgehead atoms. The predicted octanol–water partition coefficient (Wildman–Crippen LogP) is 3.20. The molecule has 0 aliphatic rings. The molecule has 5 heteroatoms. The first-order valence-electron chi connectivity index (χ1n) is 3.91. The van der Waals surface area contributed by atoms with Crippen molar-refractivity contribution in [2.75, 3.05) is 6.61 Å². The lowest BCUT2D eigenvalue weighted by molar-refractivity contribution is 0.0696. The molecule has 0 fully saturated rings. The normalized spacial score (nSPS) is 9.93. The number of carboxylic acids is 1. The third-order valence-electron chi connectivity index (χ3n) is 1.54. The average molecular weight is 280 g/mol. The second-order valence-electron chi connectivity index (χ2n) is 2.51. The monoisotopic (exact) mass is 278 g/mol. The SMILES string of the molecule is CCOc1cc(C(=O)O)cc(Cl)c1Br. The van der Waals surface area contributed by atoms with Gasteiger partial charge in [0.2, 0.25) is 0 Å². The molecule has 0 saturated carbocycles. The van der Waals surface area contributed by atoms with Crippen LogP contribution in [-0.2, 0) is 0 Å². The minimum Gasteiger partial charge on any atom is -0.493 e. The molecule has 0 radical (unpaired) electrons. The highest BCUT2D eigenvalue weighted by Gasteiger charge is 2.11. The zero-order valence-electron chi connectivity index (χ0n) is 7.38. The van der Waals surface area contributed by atoms with E-state index < -0.39 is 5.97 Å². The summed E-state index contributed by atoms with van der Waals surface area (Å²) in [6, 6.07) is 2.80. The molecule has 14 heavy (non-hydrogen) atoms. The fraction of sp³-hybridized carbons (Fsp3) is 0.222. The van der Waals surface area contributed by atoms with Crippen molar-refractivity contribution in [2.45, 2.75) is 6.92 Å². The van der Waals surface area contributed by atoms with E-state index in [9.17, 15) is 4.79 Å². The summed E-state index contributed by atoms with van der Waals surface area (Å²) < 4.78 is 5.79. The number of benzene rings is 1. The fourth-order valence-electron chi connectivity index (χ4n) is 0.948. The zero-order valence-corrected chi connectivity index (χ0v) is 9.72. The summed E-state index contributed by atoms with van der Waals surface area (Å²) in [5, 5.41) is 9.09. The molecule has 0 aliphatic heterocycles. The standard InChI is InChI=1S/C9H8BrClO3/c1-2-14-7-4-5(9(12)13)3-6(11)8(7)10/h3-4H,2H2,1H3,(H,12,13). The maximum absolute atomic E-state index is 10.7. The van der Waals surface area contributed by atoms with Crippen molar-refractivity contribution in [1.29, 1.82) is 0 Å². The summed E-state index contributed by atoms with van der Waals surface area (Å²) in [6.07, 6.45) is 0. The van der Waals surface area contributed by atoms with Crippen LogP contribution < -0.4 is 4.74 Å². The lowest BCUT2D eigenvalue weighted by atomic mass is 10.2. The summed E-state index contributed by atoms with van der Waals surface area (Å²) in [5.41, 5.74) is 0.113. The number of carboxylic acid groups (broad SMARTS) is 1. The van der Waals surface area contributed by atoms with Gasteiger partial charge < -0.3 is 9.84 Å². The first-order valence-corrected chi connectivity index (χ1v) is 5.08. The second kappa shape index (κ2) is 4.66. The molecule has 0 aromatic heterocycles. The zero-order chi connectivity index (χ0) is 10.7. The summed E-state index contributed by atoms with van der Waals surface area (Å²) in [6.45, 7) is 2.27. The van der Waals surface area contributed by atoms with Crippen LogP contribution in [0.1, 0.15) is 17.3 Å². The van der Waals surface area contributed by atoms with Gasteiger partial charge in [0.25, 0.3) is 0 Å². The van der Waals surface area contributed by atoms with Gasteiger partial charge in [-0.1, -0.05) is 11.6 Å². The smallest absolute Gasteiger partial charge is 0.335 e. The van der Waals surface area contributed by atoms with Gasteiger partial charge in [-0.2, -0.15) is 0 Å². The Morgan fingerprint density at radius 2 is 2.29 bits per heavy atom. The predicted molar refractivity (Wildman–Crippen MR) is 57.3 cm³/mol. The van der Waals surface area contributed by atoms with Crippen LogP contribution in [0.25, 0.3) is 0 Å². The van der Waals surface area contributed by atoms with Crippen molar-refractivity contribution < 1.29 is 14.6 Å². The van der Waals surface area contributed by atoms with Crippen LogP contribution in [-0.4, -0.2) is 17.7 Å². The van der Waals surface area contributed by atoms with E-state index in [1.807, 2.05) is 6.92 Å². The van der Waals surface area contributed by atoms with Gasteiger partial charge in [-0.25, -0.2) is 4.79 Å². The number of hydrogen-bond donors (Lipinski definition) is 1. The van der Waals surface area contributed by atoms with E-state index in [4.69, 9.17) is 21.4 Å². The van der Waals surface area contributed by atoms with E-state index in [2.05, 4.69) is 15.9 Å². The van der Waals surface area contributed by atoms with Crippen LogP contribution >= 0.6 is 27.5 Å². The molecule has 0 atom stereocenters. The van der Waals surface area contributed by atoms with E-state index in [1.54, 1.807) is 0 Å². The number of halogens is 2. The van der Waals surface area contributed by atoms with Crippen molar-refractivity contribution in [3.8, 4) is 5.75 Å². The van der Waals surface area contributed by atoms with Crippen LogP contribution in [0.15, 0.2) is 16.6 Å². The van der Waals surface area contributed by atoms with E-state index in [0.29, 0.717) is 21.9 Å². The van der Waals surface area contributed by atoms with Crippen molar-refractivity contribution >= 4 is 33.5 Å². The minimum atomic E-state index is -1.03. The van der Waals surface area contributed by atoms with Crippen molar-refractivity contribution in [1.82, 2.24) is 0 Å². The van der Waals surface area contributed by atoms with Gasteiger partial charge >= 0.3 is 5.97 Å². The molecule has 1 aromatic carbocycles. The van der Waals surface area contributed by atoms with Crippen molar-refractivity contribution in [3.63, 3.8) is 0 Å². The molecule has 1 rings (SSSR count). The topological polar surface area (TPSA) is 46.5 Å². The molecule has 76 valence electrons. The maximum atomic E-state index is 10.7. The molecular weight excluding hydrogens is 271 g/mol. The number of aromatic carboxylic acids is 1. The Morgan fingerprint density at radius 1 is 1.64 bits per heavy atom. The van der Waals surface area contributed by atoms with Gasteiger partial charge in [-0.05, 0) is 35.0 Å². The van der Waals surface area contributed by atoms with Gasteiger partial charge in [-0.3, -0.25) is 0 Å². The summed E-state index contributed by atoms with van der Waals surface area (Å²) in [7, 11) is 0. The molecule has 0 saturated heterocycles. The molecule has 0 aliphatic carbocycles. The second-order valence-corrected chi connectivity index (χ2v) is 3.71. The van der Waals surface area contributed by atoms with Crippen molar-refractivity contribution in [3.05, 3.63) is 27.2 Å². The highest BCUT2D eigenvalue weighted by atomic mass is 79.9. The molecule has 3 nitrogen and oxygen atoms in total. The summed E-state index contributed by atoms with van der Waals surface area (Å²) in [4.78, 5) is 10.7. The number of ether oxygens (including phenoxy) is 1. The average Bonchev–Trinajstić information content (AvgIpc) is 2.12. The van der Waals surface area contributed by atoms with Gasteiger partial charge in [0, 0.05) is 0 Å². The first-order chi connectivity index (χ1) is 6.56. The van der Waals surface area contributed by atoms with Gasteiger partial charge in [0.15, 0.2) is 0 Å². The van der Waals surface area contributed by atoms with Crippen molar-refractivity contribution in [2.24, 2.45) is 0 Å². The Hall–Kier alpha value is -0.740. The Morgan fingerprint density at radius 3 is 2.79 bits per heavy atom.